The Hall–Kier alpha value is -3.17. The summed E-state index contributed by atoms with van der Waals surface area (Å²) in [7, 11) is 2.40. The molecule has 0 aromatic heterocycles. The number of rotatable bonds is 6. The minimum atomic E-state index is -0.308. The van der Waals surface area contributed by atoms with Gasteiger partial charge in [-0.25, -0.2) is 0 Å². The Kier molecular flexibility index (Phi) is 6.38. The normalized spacial score (nSPS) is 17.3. The summed E-state index contributed by atoms with van der Waals surface area (Å²) in [6.07, 6.45) is 6.72. The molecule has 34 heavy (non-hydrogen) atoms. The second-order valence-electron chi connectivity index (χ2n) is 10.3. The zero-order valence-corrected chi connectivity index (χ0v) is 20.2. The van der Waals surface area contributed by atoms with Crippen LogP contribution in [0, 0.1) is 0 Å². The molecule has 3 heteroatoms. The van der Waals surface area contributed by atoms with Gasteiger partial charge in [0.05, 0.1) is 26.7 Å². The zero-order chi connectivity index (χ0) is 23.5. The van der Waals surface area contributed by atoms with E-state index in [1.165, 1.54) is 60.1 Å². The quantitative estimate of drug-likeness (QED) is 0.476. The smallest absolute Gasteiger partial charge is 0.245 e. The monoisotopic (exact) mass is 451 g/mol. The highest BCUT2D eigenvalue weighted by Gasteiger charge is 2.25. The van der Waals surface area contributed by atoms with Crippen molar-refractivity contribution in [3.8, 4) is 11.1 Å². The Labute approximate surface area is 203 Å². The van der Waals surface area contributed by atoms with E-state index in [0.717, 1.165) is 40.7 Å². The largest absolute Gasteiger partial charge is 0.366 e. The van der Waals surface area contributed by atoms with Crippen molar-refractivity contribution in [2.75, 3.05) is 26.7 Å². The van der Waals surface area contributed by atoms with E-state index in [1.807, 2.05) is 6.07 Å². The maximum absolute atomic E-state index is 12.4. The van der Waals surface area contributed by atoms with E-state index in [4.69, 9.17) is 5.73 Å². The molecule has 1 fully saturated rings. The number of carbonyl (C=O) groups is 1. The molecule has 0 bridgehead atoms. The highest BCUT2D eigenvalue weighted by atomic mass is 16.1. The average Bonchev–Trinajstić information content (AvgIpc) is 2.88. The van der Waals surface area contributed by atoms with Crippen LogP contribution in [0.4, 0.5) is 0 Å². The Morgan fingerprint density at radius 2 is 1.53 bits per heavy atom. The molecule has 0 unspecified atom stereocenters. The van der Waals surface area contributed by atoms with E-state index in [1.54, 1.807) is 0 Å². The molecule has 2 aliphatic rings. The molecule has 1 aliphatic carbocycles. The number of amides is 1. The van der Waals surface area contributed by atoms with Gasteiger partial charge in [0.15, 0.2) is 0 Å². The lowest BCUT2D eigenvalue weighted by Gasteiger charge is -2.37. The minimum absolute atomic E-state index is 0.308. The molecule has 2 N–H and O–H groups in total. The highest BCUT2D eigenvalue weighted by molar-refractivity contribution is 6.05. The fourth-order valence-corrected chi connectivity index (χ4v) is 5.70. The topological polar surface area (TPSA) is 43.1 Å². The summed E-state index contributed by atoms with van der Waals surface area (Å²) in [4.78, 5) is 12.4. The second kappa shape index (κ2) is 9.60. The fraction of sp³-hybridized carbons (Fsp3) is 0.323. The molecule has 5 rings (SSSR count). The maximum atomic E-state index is 12.4. The third-order valence-corrected chi connectivity index (χ3v) is 7.81. The van der Waals surface area contributed by atoms with Gasteiger partial charge in [-0.15, -0.1) is 0 Å². The van der Waals surface area contributed by atoms with Crippen molar-refractivity contribution < 1.29 is 9.28 Å². The third kappa shape index (κ3) is 4.71. The number of nitrogens with zero attached hydrogens (tertiary/aromatic N) is 1. The summed E-state index contributed by atoms with van der Waals surface area (Å²) >= 11 is 0. The van der Waals surface area contributed by atoms with Gasteiger partial charge >= 0.3 is 0 Å². The molecular weight excluding hydrogens is 416 g/mol. The molecule has 1 amide bonds. The lowest BCUT2D eigenvalue weighted by molar-refractivity contribution is -0.913. The molecule has 3 aromatic rings. The van der Waals surface area contributed by atoms with Crippen molar-refractivity contribution in [1.29, 1.82) is 0 Å². The first-order valence-electron chi connectivity index (χ1n) is 12.7. The van der Waals surface area contributed by atoms with Gasteiger partial charge < -0.3 is 10.2 Å². The summed E-state index contributed by atoms with van der Waals surface area (Å²) in [5.74, 6) is -0.308. The Balaban J connectivity index is 1.46. The third-order valence-electron chi connectivity index (χ3n) is 7.81. The van der Waals surface area contributed by atoms with Gasteiger partial charge in [0.2, 0.25) is 5.91 Å². The lowest BCUT2D eigenvalue weighted by atomic mass is 9.80. The maximum Gasteiger partial charge on any atom is 0.245 e. The first-order chi connectivity index (χ1) is 16.5. The number of piperidine rings is 1. The predicted octanol–water partition coefficient (Wildman–Crippen LogP) is 5.76. The first-order valence-corrected chi connectivity index (χ1v) is 12.7. The fourth-order valence-electron chi connectivity index (χ4n) is 5.70. The SMILES string of the molecule is C[N+]1(CCc2ccc(C3=C(C(N)=O)CCc4ccc(-c5ccccc5)cc43)cc2)CCCCC1. The van der Waals surface area contributed by atoms with Crippen LogP contribution in [0.15, 0.2) is 78.4 Å². The number of fused-ring (bicyclic) bond motifs is 1. The van der Waals surface area contributed by atoms with Crippen molar-refractivity contribution in [3.05, 3.63) is 101 Å². The van der Waals surface area contributed by atoms with E-state index in [2.05, 4.69) is 73.8 Å². The van der Waals surface area contributed by atoms with Crippen molar-refractivity contribution in [3.63, 3.8) is 0 Å². The van der Waals surface area contributed by atoms with Gasteiger partial charge in [0.25, 0.3) is 0 Å². The molecule has 1 saturated heterocycles. The second-order valence-corrected chi connectivity index (χ2v) is 10.3. The number of primary amides is 1. The van der Waals surface area contributed by atoms with Gasteiger partial charge in [0, 0.05) is 12.0 Å². The molecule has 1 heterocycles. The Morgan fingerprint density at radius 1 is 0.824 bits per heavy atom. The summed E-state index contributed by atoms with van der Waals surface area (Å²) in [5, 5.41) is 0. The number of likely N-dealkylation sites (tertiary alicyclic amines) is 1. The van der Waals surface area contributed by atoms with Crippen LogP contribution in [0.1, 0.15) is 47.9 Å². The average molecular weight is 452 g/mol. The van der Waals surface area contributed by atoms with Crippen LogP contribution in [-0.4, -0.2) is 37.1 Å². The van der Waals surface area contributed by atoms with Crippen LogP contribution >= 0.6 is 0 Å². The van der Waals surface area contributed by atoms with E-state index in [9.17, 15) is 4.79 Å². The van der Waals surface area contributed by atoms with Crippen molar-refractivity contribution in [2.24, 2.45) is 5.73 Å². The minimum Gasteiger partial charge on any atom is -0.366 e. The molecule has 0 spiro atoms. The predicted molar refractivity (Wildman–Crippen MR) is 140 cm³/mol. The molecule has 3 aromatic carbocycles. The van der Waals surface area contributed by atoms with Gasteiger partial charge in [0.1, 0.15) is 0 Å². The van der Waals surface area contributed by atoms with E-state index >= 15 is 0 Å². The lowest BCUT2D eigenvalue weighted by Crippen LogP contribution is -2.49. The number of benzene rings is 3. The van der Waals surface area contributed by atoms with Gasteiger partial charge in [-0.1, -0.05) is 66.7 Å². The zero-order valence-electron chi connectivity index (χ0n) is 20.2. The molecule has 3 nitrogen and oxygen atoms in total. The van der Waals surface area contributed by atoms with Gasteiger partial charge in [-0.05, 0) is 77.1 Å². The van der Waals surface area contributed by atoms with Crippen LogP contribution in [-0.2, 0) is 17.6 Å². The number of carbonyl (C=O) groups excluding carboxylic acids is 1. The molecule has 174 valence electrons. The van der Waals surface area contributed by atoms with Crippen LogP contribution in [0.25, 0.3) is 16.7 Å². The molecular formula is C31H35N2O+. The van der Waals surface area contributed by atoms with Crippen LogP contribution in [0.3, 0.4) is 0 Å². The summed E-state index contributed by atoms with van der Waals surface area (Å²) < 4.78 is 1.19. The molecule has 1 aliphatic heterocycles. The van der Waals surface area contributed by atoms with E-state index < -0.39 is 0 Å². The molecule has 0 saturated carbocycles. The first kappa shape index (κ1) is 22.6. The highest BCUT2D eigenvalue weighted by Crippen LogP contribution is 2.38. The van der Waals surface area contributed by atoms with Crippen LogP contribution < -0.4 is 5.73 Å². The van der Waals surface area contributed by atoms with E-state index in [0.29, 0.717) is 6.42 Å². The number of hydrogen-bond acceptors (Lipinski definition) is 1. The number of likely N-dealkylation sites (N-methyl/N-ethyl adjacent to an activating group) is 1. The number of quaternary nitrogens is 1. The van der Waals surface area contributed by atoms with Gasteiger partial charge in [-0.3, -0.25) is 4.79 Å². The summed E-state index contributed by atoms with van der Waals surface area (Å²) in [6.45, 7) is 3.79. The number of nitrogens with two attached hydrogens (primary N) is 1. The van der Waals surface area contributed by atoms with Crippen molar-refractivity contribution >= 4 is 11.5 Å². The van der Waals surface area contributed by atoms with E-state index in [-0.39, 0.29) is 5.91 Å². The summed E-state index contributed by atoms with van der Waals surface area (Å²) in [6, 6.07) is 25.9. The summed E-state index contributed by atoms with van der Waals surface area (Å²) in [5.41, 5.74) is 14.9. The molecule has 0 radical (unpaired) electrons. The Bertz CT molecular complexity index is 1200. The Morgan fingerprint density at radius 3 is 2.24 bits per heavy atom. The van der Waals surface area contributed by atoms with Crippen LogP contribution in [0.5, 0.6) is 0 Å². The standard InChI is InChI=1S/C31H34N2O/c1-33(19-6-3-7-20-33)21-18-23-10-12-26(13-11-23)30-28(31(32)34)17-16-25-14-15-27(22-29(25)30)24-8-4-2-5-9-24/h2,4-5,8-15,22H,3,6-7,16-21H2,1H3,(H-,32,34)/p+1. The number of hydrogen-bond donors (Lipinski definition) is 1. The van der Waals surface area contributed by atoms with Crippen molar-refractivity contribution in [2.45, 2.75) is 38.5 Å². The van der Waals surface area contributed by atoms with Crippen LogP contribution in [0.2, 0.25) is 0 Å². The van der Waals surface area contributed by atoms with Crippen molar-refractivity contribution in [1.82, 2.24) is 0 Å². The number of aryl methyl sites for hydroxylation is 1. The van der Waals surface area contributed by atoms with Gasteiger partial charge in [-0.2, -0.15) is 0 Å². The molecule has 0 atom stereocenters.